The Labute approximate surface area is 145 Å². The molecule has 1 amide bonds. The van der Waals surface area contributed by atoms with E-state index in [1.165, 1.54) is 0 Å². The fraction of sp³-hybridized carbons (Fsp3) is 0.941. The first-order chi connectivity index (χ1) is 10.3. The van der Waals surface area contributed by atoms with Crippen molar-refractivity contribution in [3.05, 3.63) is 0 Å². The quantitative estimate of drug-likeness (QED) is 0.795. The van der Waals surface area contributed by atoms with E-state index in [1.807, 2.05) is 11.8 Å². The minimum atomic E-state index is -0.796. The number of piperidine rings is 1. The van der Waals surface area contributed by atoms with E-state index in [9.17, 15) is 9.90 Å². The van der Waals surface area contributed by atoms with E-state index in [0.717, 1.165) is 32.3 Å². The monoisotopic (exact) mass is 346 g/mol. The summed E-state index contributed by atoms with van der Waals surface area (Å²) >= 11 is 0. The summed E-state index contributed by atoms with van der Waals surface area (Å²) in [7, 11) is 0. The molecule has 3 aliphatic rings. The van der Waals surface area contributed by atoms with Crippen LogP contribution in [0.1, 0.15) is 46.5 Å². The number of nitrogens with two attached hydrogens (primary N) is 1. The summed E-state index contributed by atoms with van der Waals surface area (Å²) in [5.74, 6) is 0.546. The van der Waals surface area contributed by atoms with Crippen LogP contribution in [-0.2, 0) is 9.53 Å². The Morgan fingerprint density at radius 1 is 1.30 bits per heavy atom. The number of carbonyl (C=O) groups is 1. The van der Waals surface area contributed by atoms with Crippen molar-refractivity contribution in [1.82, 2.24) is 4.90 Å². The Hall–Kier alpha value is -0.360. The molecule has 134 valence electrons. The smallest absolute Gasteiger partial charge is 0.243 e. The number of nitrogens with zero attached hydrogens (tertiary/aromatic N) is 1. The number of hydrogen-bond donors (Lipinski definition) is 2. The topological polar surface area (TPSA) is 75.8 Å². The molecule has 4 atom stereocenters. The largest absolute Gasteiger partial charge is 0.393 e. The zero-order valence-electron chi connectivity index (χ0n) is 14.5. The van der Waals surface area contributed by atoms with Crippen molar-refractivity contribution in [2.24, 2.45) is 23.0 Å². The third-order valence-electron chi connectivity index (χ3n) is 6.55. The van der Waals surface area contributed by atoms with Crippen molar-refractivity contribution in [3.63, 3.8) is 0 Å². The second kappa shape index (κ2) is 6.51. The van der Waals surface area contributed by atoms with Gasteiger partial charge in [-0.25, -0.2) is 0 Å². The van der Waals surface area contributed by atoms with E-state index in [0.29, 0.717) is 19.0 Å². The predicted octanol–water partition coefficient (Wildman–Crippen LogP) is 1.56. The molecule has 4 unspecified atom stereocenters. The molecule has 3 fully saturated rings. The number of likely N-dealkylation sites (tertiary alicyclic amines) is 1. The van der Waals surface area contributed by atoms with Crippen molar-refractivity contribution in [3.8, 4) is 0 Å². The lowest BCUT2D eigenvalue weighted by atomic mass is 9.46. The van der Waals surface area contributed by atoms with Crippen LogP contribution in [0.5, 0.6) is 0 Å². The lowest BCUT2D eigenvalue weighted by Gasteiger charge is -2.66. The van der Waals surface area contributed by atoms with Crippen molar-refractivity contribution in [2.75, 3.05) is 19.7 Å². The number of fused-ring (bicyclic) bond motifs is 1. The Bertz CT molecular complexity index is 449. The SMILES string of the molecule is CC(O)C1CCN(C(=O)C2(N)C3CCCOC3C2(C)C)CC1.Cl. The van der Waals surface area contributed by atoms with Gasteiger partial charge in [-0.3, -0.25) is 4.79 Å². The van der Waals surface area contributed by atoms with Crippen molar-refractivity contribution in [1.29, 1.82) is 0 Å². The van der Waals surface area contributed by atoms with Gasteiger partial charge in [0.1, 0.15) is 5.54 Å². The van der Waals surface area contributed by atoms with Gasteiger partial charge in [0.05, 0.1) is 12.2 Å². The summed E-state index contributed by atoms with van der Waals surface area (Å²) < 4.78 is 5.89. The molecule has 3 N–H and O–H groups in total. The fourth-order valence-electron chi connectivity index (χ4n) is 4.86. The van der Waals surface area contributed by atoms with Gasteiger partial charge in [-0.05, 0) is 38.5 Å². The molecule has 2 aliphatic heterocycles. The second-order valence-corrected chi connectivity index (χ2v) is 8.00. The molecular formula is C17H31ClN2O3. The molecule has 0 aromatic carbocycles. The third-order valence-corrected chi connectivity index (χ3v) is 6.55. The maximum absolute atomic E-state index is 13.1. The zero-order valence-corrected chi connectivity index (χ0v) is 15.3. The molecule has 5 nitrogen and oxygen atoms in total. The molecule has 2 saturated heterocycles. The van der Waals surface area contributed by atoms with Crippen LogP contribution in [0, 0.1) is 17.3 Å². The van der Waals surface area contributed by atoms with Gasteiger partial charge in [-0.15, -0.1) is 12.4 Å². The molecule has 2 heterocycles. The van der Waals surface area contributed by atoms with E-state index in [4.69, 9.17) is 10.5 Å². The highest BCUT2D eigenvalue weighted by atomic mass is 35.5. The van der Waals surface area contributed by atoms with Crippen LogP contribution in [0.25, 0.3) is 0 Å². The molecular weight excluding hydrogens is 316 g/mol. The highest BCUT2D eigenvalue weighted by molar-refractivity contribution is 5.89. The van der Waals surface area contributed by atoms with E-state index in [2.05, 4.69) is 13.8 Å². The number of rotatable bonds is 2. The van der Waals surface area contributed by atoms with Gasteiger partial charge in [0.15, 0.2) is 0 Å². The van der Waals surface area contributed by atoms with E-state index >= 15 is 0 Å². The van der Waals surface area contributed by atoms with Crippen LogP contribution in [0.2, 0.25) is 0 Å². The standard InChI is InChI=1S/C17H30N2O3.ClH/c1-11(20)12-6-8-19(9-7-12)15(21)17(18)13-5-4-10-22-14(13)16(17,2)3;/h11-14,20H,4-10,18H2,1-3H3;1H. The van der Waals surface area contributed by atoms with Crippen LogP contribution >= 0.6 is 12.4 Å². The van der Waals surface area contributed by atoms with Crippen LogP contribution in [0.15, 0.2) is 0 Å². The third kappa shape index (κ3) is 2.70. The van der Waals surface area contributed by atoms with Crippen LogP contribution in [-0.4, -0.2) is 53.4 Å². The lowest BCUT2D eigenvalue weighted by molar-refractivity contribution is -0.230. The average molecular weight is 347 g/mol. The van der Waals surface area contributed by atoms with Crippen molar-refractivity contribution >= 4 is 18.3 Å². The molecule has 23 heavy (non-hydrogen) atoms. The number of carbonyl (C=O) groups excluding carboxylic acids is 1. The second-order valence-electron chi connectivity index (χ2n) is 8.00. The van der Waals surface area contributed by atoms with Gasteiger partial charge in [0, 0.05) is 31.0 Å². The first kappa shape index (κ1) is 19.0. The van der Waals surface area contributed by atoms with Crippen LogP contribution in [0.4, 0.5) is 0 Å². The number of ether oxygens (including phenoxy) is 1. The zero-order chi connectivity index (χ0) is 16.1. The fourth-order valence-corrected chi connectivity index (χ4v) is 4.86. The Kier molecular flexibility index (Phi) is 5.37. The summed E-state index contributed by atoms with van der Waals surface area (Å²) in [5.41, 5.74) is 5.58. The van der Waals surface area contributed by atoms with Crippen molar-refractivity contribution in [2.45, 2.75) is 64.2 Å². The Balaban J connectivity index is 0.00000192. The molecule has 0 aromatic rings. The minimum Gasteiger partial charge on any atom is -0.393 e. The van der Waals surface area contributed by atoms with Gasteiger partial charge >= 0.3 is 0 Å². The lowest BCUT2D eigenvalue weighted by Crippen LogP contribution is -2.82. The summed E-state index contributed by atoms with van der Waals surface area (Å²) in [6, 6.07) is 0. The van der Waals surface area contributed by atoms with Crippen molar-refractivity contribution < 1.29 is 14.6 Å². The number of aliphatic hydroxyl groups is 1. The van der Waals surface area contributed by atoms with E-state index in [-0.39, 0.29) is 41.9 Å². The summed E-state index contributed by atoms with van der Waals surface area (Å²) in [4.78, 5) is 15.1. The summed E-state index contributed by atoms with van der Waals surface area (Å²) in [6.45, 7) is 8.18. The first-order valence-electron chi connectivity index (χ1n) is 8.68. The molecule has 3 rings (SSSR count). The number of hydrogen-bond acceptors (Lipinski definition) is 4. The summed E-state index contributed by atoms with van der Waals surface area (Å²) in [6.07, 6.45) is 3.54. The highest BCUT2D eigenvalue weighted by Crippen LogP contribution is 2.58. The maximum Gasteiger partial charge on any atom is 0.243 e. The molecule has 0 spiro atoms. The van der Waals surface area contributed by atoms with Crippen LogP contribution in [0.3, 0.4) is 0 Å². The Morgan fingerprint density at radius 2 is 1.91 bits per heavy atom. The first-order valence-corrected chi connectivity index (χ1v) is 8.68. The minimum absolute atomic E-state index is 0. The van der Waals surface area contributed by atoms with Gasteiger partial charge in [-0.2, -0.15) is 0 Å². The van der Waals surface area contributed by atoms with Crippen LogP contribution < -0.4 is 5.73 Å². The molecule has 0 radical (unpaired) electrons. The number of aliphatic hydroxyl groups excluding tert-OH is 1. The average Bonchev–Trinajstić information content (AvgIpc) is 2.53. The maximum atomic E-state index is 13.1. The van der Waals surface area contributed by atoms with Gasteiger partial charge < -0.3 is 20.5 Å². The molecule has 1 aliphatic carbocycles. The number of halogens is 1. The normalized spacial score (nSPS) is 38.0. The summed E-state index contributed by atoms with van der Waals surface area (Å²) in [5, 5.41) is 9.71. The Morgan fingerprint density at radius 3 is 2.48 bits per heavy atom. The molecule has 0 aromatic heterocycles. The van der Waals surface area contributed by atoms with Gasteiger partial charge in [0.2, 0.25) is 5.91 Å². The van der Waals surface area contributed by atoms with Gasteiger partial charge in [0.25, 0.3) is 0 Å². The van der Waals surface area contributed by atoms with E-state index in [1.54, 1.807) is 0 Å². The van der Waals surface area contributed by atoms with E-state index < -0.39 is 5.54 Å². The predicted molar refractivity (Wildman–Crippen MR) is 91.4 cm³/mol. The molecule has 1 saturated carbocycles. The highest BCUT2D eigenvalue weighted by Gasteiger charge is 2.70. The van der Waals surface area contributed by atoms with Gasteiger partial charge in [-0.1, -0.05) is 13.8 Å². The number of amides is 1. The molecule has 0 bridgehead atoms. The molecule has 6 heteroatoms.